The Morgan fingerprint density at radius 1 is 1.24 bits per heavy atom. The second kappa shape index (κ2) is 12.8. The second-order valence-electron chi connectivity index (χ2n) is 9.58. The molecule has 1 atom stereocenters. The van der Waals surface area contributed by atoms with Crippen LogP contribution < -0.4 is 10.6 Å². The van der Waals surface area contributed by atoms with Gasteiger partial charge in [-0.15, -0.1) is 11.3 Å². The van der Waals surface area contributed by atoms with Gasteiger partial charge in [-0.25, -0.2) is 4.98 Å². The monoisotopic (exact) mass is 536 g/mol. The third-order valence-electron chi connectivity index (χ3n) is 5.95. The van der Waals surface area contributed by atoms with Crippen molar-refractivity contribution in [2.24, 2.45) is 0 Å². The molecule has 2 aromatic heterocycles. The van der Waals surface area contributed by atoms with Crippen molar-refractivity contribution in [1.82, 2.24) is 14.9 Å². The molecule has 4 rings (SSSR count). The fourth-order valence-electron chi connectivity index (χ4n) is 3.78. The number of hydrogen-bond donors (Lipinski definition) is 2. The van der Waals surface area contributed by atoms with Crippen LogP contribution in [0.4, 0.5) is 5.13 Å². The number of ketones is 1. The molecule has 3 heterocycles. The van der Waals surface area contributed by atoms with E-state index in [0.717, 1.165) is 11.1 Å². The first-order chi connectivity index (χ1) is 18.1. The van der Waals surface area contributed by atoms with Gasteiger partial charge in [0.15, 0.2) is 10.9 Å². The third-order valence-corrected chi connectivity index (χ3v) is 6.71. The Kier molecular flexibility index (Phi) is 9.77. The molecular weight excluding hydrogens is 500 g/mol. The maximum Gasteiger partial charge on any atom is 0.253 e. The summed E-state index contributed by atoms with van der Waals surface area (Å²) in [7, 11) is 0. The lowest BCUT2D eigenvalue weighted by Gasteiger charge is -2.39. The average Bonchev–Trinajstić information content (AvgIpc) is 3.54. The number of carbonyl (C=O) groups is 3. The van der Waals surface area contributed by atoms with E-state index < -0.39 is 6.04 Å². The minimum Gasteiger partial charge on any atom is -0.376 e. The highest BCUT2D eigenvalue weighted by molar-refractivity contribution is 7.14. The van der Waals surface area contributed by atoms with E-state index in [1.54, 1.807) is 19.2 Å². The number of allylic oxidation sites excluding steroid dienone is 1. The standard InChI is InChI=1S/C26H28N4O4S.C3H8/c1-5-6-18-7-8-19(11-21(18)17(3)31)22-13-35-25(28-22)29-23(32)16(2)27-24(33)20-9-10-30(12-20)26(4)14-34-15-26;1-3-2/h5-13,16H,14-15H2,1-4H3,(H,27,33)(H,28,29,32);3H2,1-2H3/b6-5-;. The van der Waals surface area contributed by atoms with E-state index in [1.807, 2.05) is 53.4 Å². The number of benzene rings is 1. The van der Waals surface area contributed by atoms with Gasteiger partial charge in [0.2, 0.25) is 5.91 Å². The molecule has 1 aliphatic heterocycles. The summed E-state index contributed by atoms with van der Waals surface area (Å²) in [4.78, 5) is 41.9. The Bertz CT molecular complexity index is 1320. The minimum absolute atomic E-state index is 0.0289. The number of amides is 2. The molecule has 0 spiro atoms. The van der Waals surface area contributed by atoms with Crippen LogP contribution in [-0.2, 0) is 15.1 Å². The van der Waals surface area contributed by atoms with Gasteiger partial charge in [0.05, 0.1) is 30.0 Å². The van der Waals surface area contributed by atoms with Crippen molar-refractivity contribution in [2.45, 2.75) is 59.5 Å². The van der Waals surface area contributed by atoms with Crippen LogP contribution in [0.2, 0.25) is 0 Å². The van der Waals surface area contributed by atoms with Gasteiger partial charge in [-0.2, -0.15) is 0 Å². The summed E-state index contributed by atoms with van der Waals surface area (Å²) >= 11 is 1.28. The van der Waals surface area contributed by atoms with Crippen LogP contribution >= 0.6 is 11.3 Å². The van der Waals surface area contributed by atoms with Crippen molar-refractivity contribution in [3.05, 3.63) is 64.8 Å². The molecule has 0 saturated carbocycles. The van der Waals surface area contributed by atoms with Gasteiger partial charge in [-0.3, -0.25) is 14.4 Å². The predicted octanol–water partition coefficient (Wildman–Crippen LogP) is 5.77. The number of hydrogen-bond acceptors (Lipinski definition) is 6. The van der Waals surface area contributed by atoms with E-state index in [2.05, 4.69) is 36.4 Å². The lowest BCUT2D eigenvalue weighted by Crippen LogP contribution is -2.48. The van der Waals surface area contributed by atoms with Crippen LogP contribution in [0.1, 0.15) is 74.2 Å². The molecule has 8 nitrogen and oxygen atoms in total. The Morgan fingerprint density at radius 2 is 1.95 bits per heavy atom. The highest BCUT2D eigenvalue weighted by Gasteiger charge is 2.35. The first kappa shape index (κ1) is 29.0. The van der Waals surface area contributed by atoms with E-state index in [0.29, 0.717) is 35.2 Å². The normalized spacial score (nSPS) is 14.7. The Hall–Kier alpha value is -3.56. The molecule has 2 amide bonds. The first-order valence-corrected chi connectivity index (χ1v) is 13.6. The maximum absolute atomic E-state index is 12.7. The molecule has 1 fully saturated rings. The molecule has 1 saturated heterocycles. The highest BCUT2D eigenvalue weighted by atomic mass is 32.1. The number of nitrogens with one attached hydrogen (secondary N) is 2. The molecule has 1 unspecified atom stereocenters. The lowest BCUT2D eigenvalue weighted by atomic mass is 9.99. The predicted molar refractivity (Wildman–Crippen MR) is 153 cm³/mol. The first-order valence-electron chi connectivity index (χ1n) is 12.7. The van der Waals surface area contributed by atoms with Crippen molar-refractivity contribution in [3.63, 3.8) is 0 Å². The summed E-state index contributed by atoms with van der Waals surface area (Å²) in [5.41, 5.74) is 3.26. The van der Waals surface area contributed by atoms with Gasteiger partial charge < -0.3 is 19.9 Å². The van der Waals surface area contributed by atoms with Gasteiger partial charge in [0.1, 0.15) is 6.04 Å². The smallest absolute Gasteiger partial charge is 0.253 e. The number of nitrogens with zero attached hydrogens (tertiary/aromatic N) is 2. The second-order valence-corrected chi connectivity index (χ2v) is 10.4. The van der Waals surface area contributed by atoms with Crippen molar-refractivity contribution in [1.29, 1.82) is 0 Å². The molecule has 0 bridgehead atoms. The van der Waals surface area contributed by atoms with E-state index in [-0.39, 0.29) is 23.1 Å². The van der Waals surface area contributed by atoms with Crippen molar-refractivity contribution >= 4 is 40.1 Å². The fourth-order valence-corrected chi connectivity index (χ4v) is 4.50. The molecule has 38 heavy (non-hydrogen) atoms. The van der Waals surface area contributed by atoms with E-state index >= 15 is 0 Å². The van der Waals surface area contributed by atoms with Crippen molar-refractivity contribution in [2.75, 3.05) is 18.5 Å². The van der Waals surface area contributed by atoms with Gasteiger partial charge in [-0.1, -0.05) is 44.6 Å². The summed E-state index contributed by atoms with van der Waals surface area (Å²) in [6.07, 6.45) is 8.64. The molecule has 0 radical (unpaired) electrons. The van der Waals surface area contributed by atoms with Gasteiger partial charge in [-0.05, 0) is 45.4 Å². The van der Waals surface area contributed by atoms with Gasteiger partial charge in [0, 0.05) is 28.9 Å². The Labute approximate surface area is 228 Å². The summed E-state index contributed by atoms with van der Waals surface area (Å²) in [6.45, 7) is 12.6. The van der Waals surface area contributed by atoms with Crippen molar-refractivity contribution < 1.29 is 19.1 Å². The van der Waals surface area contributed by atoms with Gasteiger partial charge in [0.25, 0.3) is 5.91 Å². The number of carbonyl (C=O) groups excluding carboxylic acids is 3. The SMILES string of the molecule is C/C=C\c1ccc(-c2csc(NC(=O)C(C)NC(=O)c3ccn(C4(C)COC4)c3)n2)cc1C(C)=O.CCC. The number of aromatic nitrogens is 2. The minimum atomic E-state index is -0.759. The quantitative estimate of drug-likeness (QED) is 0.356. The number of ether oxygens (including phenoxy) is 1. The summed E-state index contributed by atoms with van der Waals surface area (Å²) in [5, 5.41) is 7.72. The number of thiazole rings is 1. The van der Waals surface area contributed by atoms with Crippen LogP contribution in [-0.4, -0.2) is 46.4 Å². The summed E-state index contributed by atoms with van der Waals surface area (Å²) in [6, 6.07) is 6.56. The zero-order chi connectivity index (χ0) is 27.9. The van der Waals surface area contributed by atoms with Crippen LogP contribution in [0.3, 0.4) is 0 Å². The zero-order valence-electron chi connectivity index (χ0n) is 22.8. The zero-order valence-corrected chi connectivity index (χ0v) is 23.6. The van der Waals surface area contributed by atoms with Crippen LogP contribution in [0.5, 0.6) is 0 Å². The molecule has 1 aromatic carbocycles. The average molecular weight is 537 g/mol. The molecule has 9 heteroatoms. The number of rotatable bonds is 8. The van der Waals surface area contributed by atoms with E-state index in [4.69, 9.17) is 4.74 Å². The van der Waals surface area contributed by atoms with Crippen LogP contribution in [0.15, 0.2) is 48.1 Å². The van der Waals surface area contributed by atoms with Crippen LogP contribution in [0, 0.1) is 0 Å². The summed E-state index contributed by atoms with van der Waals surface area (Å²) < 4.78 is 7.25. The van der Waals surface area contributed by atoms with Crippen LogP contribution in [0.25, 0.3) is 17.3 Å². The fraction of sp³-hybridized carbons (Fsp3) is 0.379. The molecule has 0 aliphatic carbocycles. The van der Waals surface area contributed by atoms with Crippen molar-refractivity contribution in [3.8, 4) is 11.3 Å². The number of Topliss-reactive ketones (excluding diaryl/α,β-unsaturated/α-hetero) is 1. The topological polar surface area (TPSA) is 102 Å². The molecule has 3 aromatic rings. The van der Waals surface area contributed by atoms with E-state index in [1.165, 1.54) is 24.7 Å². The maximum atomic E-state index is 12.7. The molecular formula is C29H36N4O4S. The lowest BCUT2D eigenvalue weighted by molar-refractivity contribution is -0.117. The van der Waals surface area contributed by atoms with Gasteiger partial charge >= 0.3 is 0 Å². The molecule has 1 aliphatic rings. The summed E-state index contributed by atoms with van der Waals surface area (Å²) in [5.74, 6) is -0.724. The third kappa shape index (κ3) is 6.85. The number of anilines is 1. The largest absolute Gasteiger partial charge is 0.376 e. The van der Waals surface area contributed by atoms with E-state index in [9.17, 15) is 14.4 Å². The molecule has 2 N–H and O–H groups in total. The Morgan fingerprint density at radius 3 is 2.55 bits per heavy atom. The Balaban J connectivity index is 0.00000127. The molecule has 202 valence electrons. The highest BCUT2D eigenvalue weighted by Crippen LogP contribution is 2.28.